The van der Waals surface area contributed by atoms with Crippen LogP contribution < -0.4 is 0 Å². The van der Waals surface area contributed by atoms with E-state index in [0.717, 1.165) is 29.7 Å². The third kappa shape index (κ3) is 21.4. The van der Waals surface area contributed by atoms with Gasteiger partial charge < -0.3 is 52.1 Å². The molecule has 3 aromatic carbocycles. The minimum absolute atomic E-state index is 0.418. The van der Waals surface area contributed by atoms with Crippen LogP contribution in [0.3, 0.4) is 0 Å². The lowest BCUT2D eigenvalue weighted by Gasteiger charge is -2.36. The Morgan fingerprint density at radius 1 is 0.291 bits per heavy atom. The molecule has 11 heteroatoms. The molecular formula is C44H66O11. The molecule has 3 rings (SSSR count). The van der Waals surface area contributed by atoms with E-state index in [2.05, 4.69) is 43.3 Å². The van der Waals surface area contributed by atoms with Gasteiger partial charge >= 0.3 is 0 Å². The molecule has 0 aliphatic carbocycles. The van der Waals surface area contributed by atoms with Gasteiger partial charge in [-0.15, -0.1) is 0 Å². The van der Waals surface area contributed by atoms with Crippen LogP contribution in [0.5, 0.6) is 0 Å². The largest absolute Gasteiger partial charge is 0.379 e. The average Bonchev–Trinajstić information content (AvgIpc) is 3.23. The normalized spacial score (nSPS) is 11.7. The van der Waals surface area contributed by atoms with Crippen LogP contribution in [-0.4, -0.2) is 139 Å². The predicted octanol–water partition coefficient (Wildman–Crippen LogP) is 6.35. The molecule has 0 aliphatic heterocycles. The Hall–Kier alpha value is -2.78. The lowest BCUT2D eigenvalue weighted by Crippen LogP contribution is -2.34. The first-order chi connectivity index (χ1) is 27.4. The van der Waals surface area contributed by atoms with E-state index in [9.17, 15) is 0 Å². The zero-order valence-electron chi connectivity index (χ0n) is 33.1. The number of hydrogen-bond donors (Lipinski definition) is 0. The molecule has 55 heavy (non-hydrogen) atoms. The van der Waals surface area contributed by atoms with Crippen LogP contribution in [0.4, 0.5) is 0 Å². The van der Waals surface area contributed by atoms with E-state index in [1.165, 1.54) is 12.8 Å². The van der Waals surface area contributed by atoms with Crippen molar-refractivity contribution < 1.29 is 52.1 Å². The molecule has 0 heterocycles. The summed E-state index contributed by atoms with van der Waals surface area (Å²) in [7, 11) is 0. The van der Waals surface area contributed by atoms with Crippen molar-refractivity contribution in [2.45, 2.75) is 31.8 Å². The Morgan fingerprint density at radius 2 is 0.527 bits per heavy atom. The molecule has 0 amide bonds. The minimum atomic E-state index is -0.750. The number of ether oxygens (including phenoxy) is 11. The summed E-state index contributed by atoms with van der Waals surface area (Å²) in [6.07, 6.45) is 3.54. The van der Waals surface area contributed by atoms with E-state index in [-0.39, 0.29) is 0 Å². The Morgan fingerprint density at radius 3 is 0.782 bits per heavy atom. The summed E-state index contributed by atoms with van der Waals surface area (Å²) in [4.78, 5) is 0. The maximum absolute atomic E-state index is 6.73. The van der Waals surface area contributed by atoms with Gasteiger partial charge in [-0.1, -0.05) is 111 Å². The lowest BCUT2D eigenvalue weighted by molar-refractivity contribution is -0.0399. The highest BCUT2D eigenvalue weighted by molar-refractivity contribution is 5.47. The van der Waals surface area contributed by atoms with Crippen molar-refractivity contribution in [1.29, 1.82) is 0 Å². The van der Waals surface area contributed by atoms with Crippen LogP contribution in [0, 0.1) is 0 Å². The first-order valence-corrected chi connectivity index (χ1v) is 20.0. The molecule has 0 aromatic heterocycles. The smallest absolute Gasteiger partial charge is 0.143 e. The minimum Gasteiger partial charge on any atom is -0.379 e. The van der Waals surface area contributed by atoms with E-state index >= 15 is 0 Å². The number of unbranched alkanes of at least 4 members (excludes halogenated alkanes) is 2. The molecule has 0 saturated carbocycles. The summed E-state index contributed by atoms with van der Waals surface area (Å²) in [6, 6.07) is 31.0. The maximum atomic E-state index is 6.73. The van der Waals surface area contributed by atoms with Gasteiger partial charge in [-0.05, 0) is 23.1 Å². The number of benzene rings is 3. The number of hydrogen-bond acceptors (Lipinski definition) is 11. The Kier molecular flexibility index (Phi) is 28.3. The second-order valence-electron chi connectivity index (χ2n) is 12.5. The second kappa shape index (κ2) is 33.4. The molecule has 0 bridgehead atoms. The van der Waals surface area contributed by atoms with Gasteiger partial charge in [0.1, 0.15) is 5.60 Å². The fourth-order valence-electron chi connectivity index (χ4n) is 5.56. The fourth-order valence-corrected chi connectivity index (χ4v) is 5.56. The summed E-state index contributed by atoms with van der Waals surface area (Å²) >= 11 is 0. The van der Waals surface area contributed by atoms with Crippen molar-refractivity contribution >= 4 is 0 Å². The molecule has 3 aromatic rings. The van der Waals surface area contributed by atoms with Gasteiger partial charge in [0, 0.05) is 6.61 Å². The van der Waals surface area contributed by atoms with Crippen LogP contribution in [0.15, 0.2) is 91.0 Å². The Bertz CT molecular complexity index is 1140. The Balaban J connectivity index is 1.05. The van der Waals surface area contributed by atoms with E-state index in [4.69, 9.17) is 52.1 Å². The molecule has 0 unspecified atom stereocenters. The average molecular weight is 771 g/mol. The molecule has 0 radical (unpaired) electrons. The van der Waals surface area contributed by atoms with Crippen LogP contribution in [0.1, 0.15) is 42.9 Å². The number of rotatable bonds is 38. The van der Waals surface area contributed by atoms with Crippen molar-refractivity contribution in [3.8, 4) is 0 Å². The fraction of sp³-hybridized carbons (Fsp3) is 0.591. The van der Waals surface area contributed by atoms with E-state index < -0.39 is 5.60 Å². The van der Waals surface area contributed by atoms with Gasteiger partial charge in [-0.3, -0.25) is 0 Å². The SMILES string of the molecule is CCCCCOCCOCCOCCOCCOCCOCCOCCOCCOCCOCCOC(c1ccccc1)(c1ccccc1)c1ccccc1. The van der Waals surface area contributed by atoms with Gasteiger partial charge in [0.05, 0.1) is 132 Å². The van der Waals surface area contributed by atoms with Crippen LogP contribution in [0.2, 0.25) is 0 Å². The zero-order valence-corrected chi connectivity index (χ0v) is 33.1. The highest BCUT2D eigenvalue weighted by Crippen LogP contribution is 2.40. The van der Waals surface area contributed by atoms with E-state index in [1.807, 2.05) is 54.6 Å². The predicted molar refractivity (Wildman–Crippen MR) is 213 cm³/mol. The summed E-state index contributed by atoms with van der Waals surface area (Å²) < 4.78 is 62.4. The van der Waals surface area contributed by atoms with Gasteiger partial charge in [0.2, 0.25) is 0 Å². The van der Waals surface area contributed by atoms with Crippen molar-refractivity contribution in [3.63, 3.8) is 0 Å². The van der Waals surface area contributed by atoms with Crippen LogP contribution >= 0.6 is 0 Å². The van der Waals surface area contributed by atoms with Crippen molar-refractivity contribution in [2.75, 3.05) is 139 Å². The second-order valence-corrected chi connectivity index (χ2v) is 12.5. The van der Waals surface area contributed by atoms with Crippen molar-refractivity contribution in [3.05, 3.63) is 108 Å². The highest BCUT2D eigenvalue weighted by atomic mass is 16.6. The first kappa shape index (κ1) is 46.6. The molecule has 0 atom stereocenters. The Labute approximate surface area is 329 Å². The van der Waals surface area contributed by atoms with Crippen molar-refractivity contribution in [2.24, 2.45) is 0 Å². The van der Waals surface area contributed by atoms with Crippen LogP contribution in [-0.2, 0) is 57.7 Å². The summed E-state index contributed by atoms with van der Waals surface area (Å²) in [5.74, 6) is 0. The molecule has 0 N–H and O–H groups in total. The third-order valence-electron chi connectivity index (χ3n) is 8.33. The summed E-state index contributed by atoms with van der Waals surface area (Å²) in [6.45, 7) is 13.3. The molecule has 0 saturated heterocycles. The first-order valence-electron chi connectivity index (χ1n) is 20.0. The van der Waals surface area contributed by atoms with Crippen LogP contribution in [0.25, 0.3) is 0 Å². The third-order valence-corrected chi connectivity index (χ3v) is 8.33. The van der Waals surface area contributed by atoms with Crippen molar-refractivity contribution in [1.82, 2.24) is 0 Å². The zero-order chi connectivity index (χ0) is 38.6. The topological polar surface area (TPSA) is 102 Å². The quantitative estimate of drug-likeness (QED) is 0.0482. The van der Waals surface area contributed by atoms with Gasteiger partial charge in [0.25, 0.3) is 0 Å². The monoisotopic (exact) mass is 770 g/mol. The summed E-state index contributed by atoms with van der Waals surface area (Å²) in [5, 5.41) is 0. The maximum Gasteiger partial charge on any atom is 0.143 e. The van der Waals surface area contributed by atoms with Gasteiger partial charge in [0.15, 0.2) is 0 Å². The van der Waals surface area contributed by atoms with Gasteiger partial charge in [-0.2, -0.15) is 0 Å². The highest BCUT2D eigenvalue weighted by Gasteiger charge is 2.37. The summed E-state index contributed by atoms with van der Waals surface area (Å²) in [5.41, 5.74) is 2.46. The van der Waals surface area contributed by atoms with E-state index in [1.54, 1.807) is 0 Å². The van der Waals surface area contributed by atoms with E-state index in [0.29, 0.717) is 132 Å². The molecule has 308 valence electrons. The molecule has 11 nitrogen and oxygen atoms in total. The molecule has 0 aliphatic rings. The molecule has 0 fully saturated rings. The lowest BCUT2D eigenvalue weighted by atomic mass is 9.80. The van der Waals surface area contributed by atoms with Gasteiger partial charge in [-0.25, -0.2) is 0 Å². The molecule has 0 spiro atoms. The molecular weight excluding hydrogens is 704 g/mol. The standard InChI is InChI=1S/C44H66O11/c1-2-3-13-20-45-21-22-46-23-24-47-25-26-48-27-28-49-29-30-50-31-32-51-33-34-52-35-36-53-37-38-54-39-40-55-44(41-14-7-4-8-15-41,42-16-9-5-10-17-42)43-18-11-6-12-19-43/h4-12,14-19H,2-3,13,20-40H2,1H3.